The third-order valence-corrected chi connectivity index (χ3v) is 5.56. The molecule has 0 unspecified atom stereocenters. The molecule has 0 bridgehead atoms. The predicted molar refractivity (Wildman–Crippen MR) is 81.4 cm³/mol. The van der Waals surface area contributed by atoms with Crippen molar-refractivity contribution in [3.05, 3.63) is 29.8 Å². The summed E-state index contributed by atoms with van der Waals surface area (Å²) in [5.41, 5.74) is -0.0250. The van der Waals surface area contributed by atoms with E-state index in [2.05, 4.69) is 25.0 Å². The van der Waals surface area contributed by atoms with Crippen molar-refractivity contribution in [2.45, 2.75) is 37.0 Å². The van der Waals surface area contributed by atoms with Crippen LogP contribution in [-0.4, -0.2) is 33.5 Å². The van der Waals surface area contributed by atoms with Crippen molar-refractivity contribution in [3.63, 3.8) is 0 Å². The average Bonchev–Trinajstić information content (AvgIpc) is 2.32. The Labute approximate surface area is 121 Å². The minimum Gasteiger partial charge on any atom is -0.352 e. The second-order valence-corrected chi connectivity index (χ2v) is 12.9. The number of hydrogen-bond donors (Lipinski definition) is 2. The number of rotatable bonds is 6. The quantitative estimate of drug-likeness (QED) is 0.479. The molecule has 7 heteroatoms. The second kappa shape index (κ2) is 6.51. The lowest BCUT2D eigenvalue weighted by Gasteiger charge is -2.15. The normalized spacial score (nSPS) is 12.2. The molecule has 0 saturated carbocycles. The van der Waals surface area contributed by atoms with Crippen LogP contribution in [0.1, 0.15) is 16.8 Å². The van der Waals surface area contributed by atoms with Crippen LogP contribution in [0.15, 0.2) is 29.2 Å². The van der Waals surface area contributed by atoms with Gasteiger partial charge in [-0.25, -0.2) is 0 Å². The first-order chi connectivity index (χ1) is 9.11. The molecule has 0 fully saturated rings. The van der Waals surface area contributed by atoms with Crippen molar-refractivity contribution in [1.29, 1.82) is 0 Å². The molecule has 1 rings (SSSR count). The fourth-order valence-electron chi connectivity index (χ4n) is 1.80. The van der Waals surface area contributed by atoms with Gasteiger partial charge < -0.3 is 5.32 Å². The minimum absolute atomic E-state index is 0.0250. The summed E-state index contributed by atoms with van der Waals surface area (Å²) in [5.74, 6) is -0.478. The maximum atomic E-state index is 12.0. The molecule has 0 aliphatic rings. The lowest BCUT2D eigenvalue weighted by atomic mass is 10.2. The number of carbonyl (C=O) groups is 1. The number of carbonyl (C=O) groups excluding carboxylic acids is 1. The second-order valence-electron chi connectivity index (χ2n) is 5.89. The summed E-state index contributed by atoms with van der Waals surface area (Å²) < 4.78 is 31.5. The molecule has 1 aromatic rings. The van der Waals surface area contributed by atoms with E-state index in [0.717, 1.165) is 12.5 Å². The van der Waals surface area contributed by atoms with Crippen molar-refractivity contribution >= 4 is 24.1 Å². The van der Waals surface area contributed by atoms with Gasteiger partial charge in [0.1, 0.15) is 4.90 Å². The van der Waals surface area contributed by atoms with Crippen LogP contribution in [0.5, 0.6) is 0 Å². The summed E-state index contributed by atoms with van der Waals surface area (Å²) in [6.45, 7) is 7.26. The number of amides is 1. The molecular formula is C13H21NO4SSi. The molecular weight excluding hydrogens is 294 g/mol. The zero-order valence-corrected chi connectivity index (χ0v) is 13.8. The van der Waals surface area contributed by atoms with Crippen LogP contribution >= 0.6 is 0 Å². The van der Waals surface area contributed by atoms with Gasteiger partial charge >= 0.3 is 0 Å². The minimum atomic E-state index is -4.39. The summed E-state index contributed by atoms with van der Waals surface area (Å²) in [4.78, 5) is 11.6. The molecule has 0 atom stereocenters. The van der Waals surface area contributed by atoms with E-state index in [1.807, 2.05) is 0 Å². The molecule has 0 spiro atoms. The standard InChI is InChI=1S/C13H21NO4SSi/c1-20(2,3)10-6-9-14-13(15)11-7-4-5-8-12(11)19(16,17)18/h4-5,7-8H,6,9-10H2,1-3H3,(H,14,15)(H,16,17,18). The zero-order valence-electron chi connectivity index (χ0n) is 12.0. The Balaban J connectivity index is 2.70. The van der Waals surface area contributed by atoms with Gasteiger partial charge in [-0.2, -0.15) is 8.42 Å². The number of benzene rings is 1. The van der Waals surface area contributed by atoms with Crippen LogP contribution < -0.4 is 5.32 Å². The highest BCUT2D eigenvalue weighted by Gasteiger charge is 2.19. The maximum Gasteiger partial charge on any atom is 0.295 e. The highest BCUT2D eigenvalue weighted by Crippen LogP contribution is 2.15. The Bertz CT molecular complexity index is 578. The fourth-order valence-corrected chi connectivity index (χ4v) is 3.72. The van der Waals surface area contributed by atoms with Crippen LogP contribution in [0.2, 0.25) is 25.7 Å². The monoisotopic (exact) mass is 315 g/mol. The molecule has 0 saturated heterocycles. The summed E-state index contributed by atoms with van der Waals surface area (Å²) in [6.07, 6.45) is 0.871. The van der Waals surface area contributed by atoms with Crippen molar-refractivity contribution < 1.29 is 17.8 Å². The largest absolute Gasteiger partial charge is 0.352 e. The molecule has 0 aromatic heterocycles. The van der Waals surface area contributed by atoms with Gasteiger partial charge in [0.05, 0.1) is 5.56 Å². The highest BCUT2D eigenvalue weighted by molar-refractivity contribution is 7.86. The van der Waals surface area contributed by atoms with E-state index < -0.39 is 24.1 Å². The van der Waals surface area contributed by atoms with Gasteiger partial charge in [0.25, 0.3) is 16.0 Å². The lowest BCUT2D eigenvalue weighted by Crippen LogP contribution is -2.28. The number of hydrogen-bond acceptors (Lipinski definition) is 3. The van der Waals surface area contributed by atoms with Crippen molar-refractivity contribution in [1.82, 2.24) is 5.32 Å². The summed E-state index contributed by atoms with van der Waals surface area (Å²) in [7, 11) is -5.52. The fraction of sp³-hybridized carbons (Fsp3) is 0.462. The predicted octanol–water partition coefficient (Wildman–Crippen LogP) is 2.39. The van der Waals surface area contributed by atoms with E-state index in [1.54, 1.807) is 6.07 Å². The van der Waals surface area contributed by atoms with E-state index in [0.29, 0.717) is 6.54 Å². The van der Waals surface area contributed by atoms with Gasteiger partial charge in [0.2, 0.25) is 0 Å². The molecule has 112 valence electrons. The molecule has 1 aromatic carbocycles. The van der Waals surface area contributed by atoms with Gasteiger partial charge in [0, 0.05) is 14.6 Å². The smallest absolute Gasteiger partial charge is 0.295 e. The molecule has 0 aliphatic carbocycles. The van der Waals surface area contributed by atoms with Crippen LogP contribution in [-0.2, 0) is 10.1 Å². The van der Waals surface area contributed by atoms with Crippen molar-refractivity contribution in [2.24, 2.45) is 0 Å². The molecule has 1 amide bonds. The Morgan fingerprint density at radius 2 is 1.85 bits per heavy atom. The highest BCUT2D eigenvalue weighted by atomic mass is 32.2. The van der Waals surface area contributed by atoms with E-state index in [4.69, 9.17) is 4.55 Å². The Morgan fingerprint density at radius 3 is 2.40 bits per heavy atom. The van der Waals surface area contributed by atoms with E-state index in [-0.39, 0.29) is 10.5 Å². The van der Waals surface area contributed by atoms with Crippen LogP contribution in [0.3, 0.4) is 0 Å². The van der Waals surface area contributed by atoms with Crippen LogP contribution in [0.25, 0.3) is 0 Å². The summed E-state index contributed by atoms with van der Waals surface area (Å²) >= 11 is 0. The van der Waals surface area contributed by atoms with Gasteiger partial charge in [-0.1, -0.05) is 37.8 Å². The Hall–Kier alpha value is -1.18. The lowest BCUT2D eigenvalue weighted by molar-refractivity contribution is 0.0950. The van der Waals surface area contributed by atoms with Gasteiger partial charge in [-0.15, -0.1) is 0 Å². The van der Waals surface area contributed by atoms with Crippen molar-refractivity contribution in [3.8, 4) is 0 Å². The average molecular weight is 315 g/mol. The third kappa shape index (κ3) is 5.44. The Kier molecular flexibility index (Phi) is 5.49. The van der Waals surface area contributed by atoms with Gasteiger partial charge in [-0.3, -0.25) is 9.35 Å². The van der Waals surface area contributed by atoms with Crippen LogP contribution in [0, 0.1) is 0 Å². The molecule has 0 heterocycles. The first kappa shape index (κ1) is 16.9. The van der Waals surface area contributed by atoms with Crippen molar-refractivity contribution in [2.75, 3.05) is 6.54 Å². The van der Waals surface area contributed by atoms with Gasteiger partial charge in [-0.05, 0) is 18.6 Å². The SMILES string of the molecule is C[Si](C)(C)CCCNC(=O)c1ccccc1S(=O)(=O)O. The molecule has 20 heavy (non-hydrogen) atoms. The van der Waals surface area contributed by atoms with Crippen LogP contribution in [0.4, 0.5) is 0 Å². The first-order valence-electron chi connectivity index (χ1n) is 6.46. The maximum absolute atomic E-state index is 12.0. The third-order valence-electron chi connectivity index (χ3n) is 2.80. The zero-order chi connectivity index (χ0) is 15.4. The molecule has 5 nitrogen and oxygen atoms in total. The first-order valence-corrected chi connectivity index (χ1v) is 11.6. The number of nitrogens with one attached hydrogen (secondary N) is 1. The van der Waals surface area contributed by atoms with E-state index in [9.17, 15) is 13.2 Å². The summed E-state index contributed by atoms with van der Waals surface area (Å²) in [5, 5.41) is 2.69. The van der Waals surface area contributed by atoms with Gasteiger partial charge in [0.15, 0.2) is 0 Å². The summed E-state index contributed by atoms with van der Waals surface area (Å²) in [6, 6.07) is 6.72. The van der Waals surface area contributed by atoms with E-state index in [1.165, 1.54) is 18.2 Å². The Morgan fingerprint density at radius 1 is 1.25 bits per heavy atom. The van der Waals surface area contributed by atoms with E-state index >= 15 is 0 Å². The molecule has 0 aliphatic heterocycles. The topological polar surface area (TPSA) is 83.5 Å². The molecule has 2 N–H and O–H groups in total. The molecule has 0 radical (unpaired) electrons.